The standard InChI is InChI=1S/C21H41N5O6/c1-7-21(5,6)26-13(8-9-16(27)28)18(30)24-14(19(31)32)10-11-23-17(29)15(12-22)25-20(2,3)4/h13-15,25-26H,7-12,22H2,1-6H3,(H,23,29)(H,24,30)(H,27,28)(H,31,32)/t13-,14?,15-/m0/s1. The molecule has 0 aliphatic rings. The summed E-state index contributed by atoms with van der Waals surface area (Å²) >= 11 is 0. The van der Waals surface area contributed by atoms with Gasteiger partial charge >= 0.3 is 11.9 Å². The molecule has 0 spiro atoms. The zero-order valence-corrected chi connectivity index (χ0v) is 20.1. The minimum atomic E-state index is -1.25. The highest BCUT2D eigenvalue weighted by atomic mass is 16.4. The highest BCUT2D eigenvalue weighted by molar-refractivity contribution is 5.87. The largest absolute Gasteiger partial charge is 0.481 e. The minimum absolute atomic E-state index is 0.0182. The summed E-state index contributed by atoms with van der Waals surface area (Å²) in [4.78, 5) is 47.6. The Hall–Kier alpha value is -2.24. The second-order valence-corrected chi connectivity index (χ2v) is 9.53. The molecule has 8 N–H and O–H groups in total. The zero-order valence-electron chi connectivity index (χ0n) is 20.1. The van der Waals surface area contributed by atoms with Crippen molar-refractivity contribution in [2.24, 2.45) is 5.73 Å². The third-order valence-corrected chi connectivity index (χ3v) is 4.92. The van der Waals surface area contributed by atoms with E-state index in [0.717, 1.165) is 0 Å². The van der Waals surface area contributed by atoms with Crippen molar-refractivity contribution in [2.75, 3.05) is 13.1 Å². The van der Waals surface area contributed by atoms with Crippen LogP contribution in [-0.4, -0.2) is 76.3 Å². The number of carboxylic acids is 2. The Balaban J connectivity index is 5.03. The average molecular weight is 460 g/mol. The van der Waals surface area contributed by atoms with Gasteiger partial charge in [0.25, 0.3) is 0 Å². The number of rotatable bonds is 15. The van der Waals surface area contributed by atoms with Gasteiger partial charge in [0.05, 0.1) is 12.1 Å². The summed E-state index contributed by atoms with van der Waals surface area (Å²) in [5.41, 5.74) is 4.88. The third kappa shape index (κ3) is 12.6. The van der Waals surface area contributed by atoms with Gasteiger partial charge in [-0.15, -0.1) is 0 Å². The summed E-state index contributed by atoms with van der Waals surface area (Å²) in [6, 6.07) is -2.74. The van der Waals surface area contributed by atoms with Crippen molar-refractivity contribution in [2.45, 2.75) is 96.4 Å². The molecule has 32 heavy (non-hydrogen) atoms. The van der Waals surface area contributed by atoms with Gasteiger partial charge in [-0.05, 0) is 53.9 Å². The van der Waals surface area contributed by atoms with E-state index in [1.54, 1.807) is 0 Å². The summed E-state index contributed by atoms with van der Waals surface area (Å²) in [5.74, 6) is -3.25. The molecule has 0 aromatic heterocycles. The maximum Gasteiger partial charge on any atom is 0.326 e. The van der Waals surface area contributed by atoms with Crippen LogP contribution in [0.5, 0.6) is 0 Å². The lowest BCUT2D eigenvalue weighted by Crippen LogP contribution is -2.56. The normalized spacial score (nSPS) is 14.8. The first kappa shape index (κ1) is 29.8. The average Bonchev–Trinajstić information content (AvgIpc) is 2.67. The van der Waals surface area contributed by atoms with Gasteiger partial charge in [0.2, 0.25) is 11.8 Å². The number of aliphatic carboxylic acids is 2. The van der Waals surface area contributed by atoms with Gasteiger partial charge in [0, 0.05) is 30.6 Å². The van der Waals surface area contributed by atoms with Crippen molar-refractivity contribution in [1.82, 2.24) is 21.3 Å². The Labute approximate surface area is 190 Å². The molecule has 186 valence electrons. The fourth-order valence-electron chi connectivity index (χ4n) is 2.86. The molecule has 0 rings (SSSR count). The second kappa shape index (κ2) is 13.3. The Kier molecular flexibility index (Phi) is 12.4. The first-order valence-corrected chi connectivity index (χ1v) is 10.9. The Bertz CT molecular complexity index is 647. The van der Waals surface area contributed by atoms with Crippen molar-refractivity contribution >= 4 is 23.8 Å². The summed E-state index contributed by atoms with van der Waals surface area (Å²) in [6.07, 6.45) is 0.426. The van der Waals surface area contributed by atoms with Gasteiger partial charge in [0.15, 0.2) is 0 Å². The molecule has 0 aliphatic heterocycles. The van der Waals surface area contributed by atoms with Crippen LogP contribution in [0, 0.1) is 0 Å². The molecule has 0 radical (unpaired) electrons. The monoisotopic (exact) mass is 459 g/mol. The smallest absolute Gasteiger partial charge is 0.326 e. The number of amides is 2. The van der Waals surface area contributed by atoms with E-state index in [4.69, 9.17) is 10.8 Å². The van der Waals surface area contributed by atoms with Crippen LogP contribution in [0.2, 0.25) is 0 Å². The predicted molar refractivity (Wildman–Crippen MR) is 121 cm³/mol. The van der Waals surface area contributed by atoms with Gasteiger partial charge < -0.3 is 37.2 Å². The third-order valence-electron chi connectivity index (χ3n) is 4.92. The van der Waals surface area contributed by atoms with Crippen molar-refractivity contribution in [1.29, 1.82) is 0 Å². The van der Waals surface area contributed by atoms with E-state index in [2.05, 4.69) is 21.3 Å². The van der Waals surface area contributed by atoms with Gasteiger partial charge in [-0.3, -0.25) is 14.4 Å². The molecule has 3 atom stereocenters. The fraction of sp³-hybridized carbons (Fsp3) is 0.810. The molecule has 0 bridgehead atoms. The topological polar surface area (TPSA) is 183 Å². The number of nitrogens with one attached hydrogen (secondary N) is 4. The summed E-state index contributed by atoms with van der Waals surface area (Å²) in [5, 5.41) is 29.7. The molecule has 2 amide bonds. The molecule has 11 heteroatoms. The van der Waals surface area contributed by atoms with Crippen LogP contribution in [0.3, 0.4) is 0 Å². The Morgan fingerprint density at radius 2 is 1.47 bits per heavy atom. The molecule has 0 saturated carbocycles. The van der Waals surface area contributed by atoms with E-state index in [1.165, 1.54) is 0 Å². The van der Waals surface area contributed by atoms with Crippen LogP contribution < -0.4 is 27.0 Å². The predicted octanol–water partition coefficient (Wildman–Crippen LogP) is -0.211. The summed E-state index contributed by atoms with van der Waals surface area (Å²) in [7, 11) is 0. The molecule has 0 fully saturated rings. The molecular weight excluding hydrogens is 418 g/mol. The second-order valence-electron chi connectivity index (χ2n) is 9.53. The number of hydrogen-bond donors (Lipinski definition) is 7. The van der Waals surface area contributed by atoms with E-state index in [1.807, 2.05) is 41.5 Å². The lowest BCUT2D eigenvalue weighted by atomic mass is 9.98. The van der Waals surface area contributed by atoms with E-state index < -0.39 is 41.5 Å². The molecule has 11 nitrogen and oxygen atoms in total. The van der Waals surface area contributed by atoms with Gasteiger partial charge in [-0.25, -0.2) is 4.79 Å². The Morgan fingerprint density at radius 1 is 0.875 bits per heavy atom. The number of hydrogen-bond acceptors (Lipinski definition) is 7. The summed E-state index contributed by atoms with van der Waals surface area (Å²) < 4.78 is 0. The van der Waals surface area contributed by atoms with E-state index in [9.17, 15) is 24.3 Å². The Morgan fingerprint density at radius 3 is 1.91 bits per heavy atom. The highest BCUT2D eigenvalue weighted by Crippen LogP contribution is 2.12. The number of carboxylic acid groups (broad SMARTS) is 2. The van der Waals surface area contributed by atoms with E-state index in [-0.39, 0.29) is 43.8 Å². The van der Waals surface area contributed by atoms with Crippen LogP contribution >= 0.6 is 0 Å². The number of carbonyl (C=O) groups is 4. The quantitative estimate of drug-likeness (QED) is 0.174. The first-order valence-electron chi connectivity index (χ1n) is 10.9. The molecular formula is C21H41N5O6. The first-order chi connectivity index (χ1) is 14.6. The maximum absolute atomic E-state index is 12.7. The SMILES string of the molecule is CCC(C)(C)N[C@@H](CCC(=O)O)C(=O)NC(CCNC(=O)[C@H](CN)NC(C)(C)C)C(=O)O. The van der Waals surface area contributed by atoms with Crippen molar-refractivity contribution in [3.05, 3.63) is 0 Å². The number of carbonyl (C=O) groups excluding carboxylic acids is 2. The molecule has 0 saturated heterocycles. The van der Waals surface area contributed by atoms with E-state index >= 15 is 0 Å². The molecule has 0 aromatic rings. The molecule has 0 heterocycles. The highest BCUT2D eigenvalue weighted by Gasteiger charge is 2.30. The fourth-order valence-corrected chi connectivity index (χ4v) is 2.86. The van der Waals surface area contributed by atoms with E-state index in [0.29, 0.717) is 6.42 Å². The van der Waals surface area contributed by atoms with Crippen molar-refractivity contribution in [3.63, 3.8) is 0 Å². The number of nitrogens with two attached hydrogens (primary N) is 1. The summed E-state index contributed by atoms with van der Waals surface area (Å²) in [6.45, 7) is 11.5. The van der Waals surface area contributed by atoms with Gasteiger partial charge in [0.1, 0.15) is 6.04 Å². The lowest BCUT2D eigenvalue weighted by molar-refractivity contribution is -0.143. The zero-order chi connectivity index (χ0) is 25.1. The van der Waals surface area contributed by atoms with Gasteiger partial charge in [-0.2, -0.15) is 0 Å². The molecule has 0 aliphatic carbocycles. The van der Waals surface area contributed by atoms with Crippen LogP contribution in [0.25, 0.3) is 0 Å². The molecule has 0 aromatic carbocycles. The van der Waals surface area contributed by atoms with Gasteiger partial charge in [-0.1, -0.05) is 6.92 Å². The van der Waals surface area contributed by atoms with Crippen LogP contribution in [-0.2, 0) is 19.2 Å². The van der Waals surface area contributed by atoms with Crippen molar-refractivity contribution in [3.8, 4) is 0 Å². The van der Waals surface area contributed by atoms with Crippen LogP contribution in [0.4, 0.5) is 0 Å². The molecule has 1 unspecified atom stereocenters. The minimum Gasteiger partial charge on any atom is -0.481 e. The van der Waals surface area contributed by atoms with Crippen molar-refractivity contribution < 1.29 is 29.4 Å². The maximum atomic E-state index is 12.7. The van der Waals surface area contributed by atoms with Crippen LogP contribution in [0.15, 0.2) is 0 Å². The lowest BCUT2D eigenvalue weighted by Gasteiger charge is -2.31. The van der Waals surface area contributed by atoms with Crippen LogP contribution in [0.1, 0.15) is 67.2 Å².